The van der Waals surface area contributed by atoms with Gasteiger partial charge in [0.2, 0.25) is 11.9 Å². The van der Waals surface area contributed by atoms with Gasteiger partial charge >= 0.3 is 5.97 Å². The van der Waals surface area contributed by atoms with E-state index in [9.17, 15) is 4.79 Å². The number of benzene rings is 2. The fraction of sp³-hybridized carbons (Fsp3) is 0.158. The zero-order chi connectivity index (χ0) is 19.9. The van der Waals surface area contributed by atoms with Crippen LogP contribution in [0.4, 0.5) is 17.6 Å². The Hall–Kier alpha value is -3.88. The first kappa shape index (κ1) is 18.9. The molecule has 0 unspecified atom stereocenters. The summed E-state index contributed by atoms with van der Waals surface area (Å²) in [5, 5.41) is 3.01. The molecule has 0 atom stereocenters. The first-order valence-electron chi connectivity index (χ1n) is 8.30. The number of methoxy groups -OCH3 is 2. The lowest BCUT2D eigenvalue weighted by atomic mass is 10.2. The van der Waals surface area contributed by atoms with Crippen LogP contribution < -0.4 is 20.5 Å². The lowest BCUT2D eigenvalue weighted by Gasteiger charge is -2.11. The standard InChI is InChI=1S/C19H19N5O4/c1-26-13-7-5-6-12(10-13)17(25)28-11-16-22-18(20)24-19(23-16)21-14-8-3-4-9-15(14)27-2/h3-10H,11H2,1-2H3,(H3,20,21,22,23,24). The molecule has 2 aromatic carbocycles. The zero-order valence-electron chi connectivity index (χ0n) is 15.4. The molecule has 9 heteroatoms. The van der Waals surface area contributed by atoms with Crippen LogP contribution in [0.3, 0.4) is 0 Å². The van der Waals surface area contributed by atoms with Gasteiger partial charge in [-0.1, -0.05) is 18.2 Å². The molecule has 3 aromatic rings. The van der Waals surface area contributed by atoms with Gasteiger partial charge in [0, 0.05) is 0 Å². The molecule has 0 amide bonds. The number of aromatic nitrogens is 3. The van der Waals surface area contributed by atoms with Gasteiger partial charge in [0.05, 0.1) is 25.5 Å². The van der Waals surface area contributed by atoms with Crippen LogP contribution in [0.1, 0.15) is 16.2 Å². The van der Waals surface area contributed by atoms with Crippen LogP contribution in [-0.2, 0) is 11.3 Å². The van der Waals surface area contributed by atoms with E-state index >= 15 is 0 Å². The van der Waals surface area contributed by atoms with Gasteiger partial charge in [-0.3, -0.25) is 0 Å². The Morgan fingerprint density at radius 3 is 2.64 bits per heavy atom. The van der Waals surface area contributed by atoms with Gasteiger partial charge in [-0.25, -0.2) is 4.79 Å². The number of esters is 1. The topological polar surface area (TPSA) is 121 Å². The van der Waals surface area contributed by atoms with E-state index in [1.54, 1.807) is 43.5 Å². The Morgan fingerprint density at radius 1 is 1.04 bits per heavy atom. The molecule has 3 rings (SSSR count). The lowest BCUT2D eigenvalue weighted by Crippen LogP contribution is -2.11. The van der Waals surface area contributed by atoms with Crippen LogP contribution >= 0.6 is 0 Å². The highest BCUT2D eigenvalue weighted by molar-refractivity contribution is 5.89. The van der Waals surface area contributed by atoms with Gasteiger partial charge in [0.1, 0.15) is 11.5 Å². The van der Waals surface area contributed by atoms with Crippen LogP contribution in [0.2, 0.25) is 0 Å². The molecule has 28 heavy (non-hydrogen) atoms. The number of hydrogen-bond acceptors (Lipinski definition) is 9. The summed E-state index contributed by atoms with van der Waals surface area (Å²) in [6, 6.07) is 13.9. The molecule has 0 spiro atoms. The van der Waals surface area contributed by atoms with Crippen molar-refractivity contribution in [3.63, 3.8) is 0 Å². The van der Waals surface area contributed by atoms with E-state index in [-0.39, 0.29) is 24.3 Å². The lowest BCUT2D eigenvalue weighted by molar-refractivity contribution is 0.0462. The van der Waals surface area contributed by atoms with E-state index in [1.165, 1.54) is 7.11 Å². The zero-order valence-corrected chi connectivity index (χ0v) is 15.4. The third kappa shape index (κ3) is 4.64. The first-order valence-corrected chi connectivity index (χ1v) is 8.30. The van der Waals surface area contributed by atoms with Crippen molar-refractivity contribution in [2.75, 3.05) is 25.3 Å². The van der Waals surface area contributed by atoms with Gasteiger partial charge in [-0.2, -0.15) is 15.0 Å². The number of para-hydroxylation sites is 2. The monoisotopic (exact) mass is 381 g/mol. The van der Waals surface area contributed by atoms with E-state index in [0.29, 0.717) is 22.7 Å². The van der Waals surface area contributed by atoms with E-state index in [4.69, 9.17) is 19.9 Å². The van der Waals surface area contributed by atoms with Crippen molar-refractivity contribution in [2.45, 2.75) is 6.61 Å². The van der Waals surface area contributed by atoms with Crippen molar-refractivity contribution in [3.8, 4) is 11.5 Å². The van der Waals surface area contributed by atoms with Crippen molar-refractivity contribution in [1.82, 2.24) is 15.0 Å². The van der Waals surface area contributed by atoms with Crippen molar-refractivity contribution < 1.29 is 19.0 Å². The summed E-state index contributed by atoms with van der Waals surface area (Å²) in [5.41, 5.74) is 6.77. The summed E-state index contributed by atoms with van der Waals surface area (Å²) in [6.45, 7) is -0.163. The minimum absolute atomic E-state index is 0.000160. The minimum atomic E-state index is -0.530. The van der Waals surface area contributed by atoms with E-state index in [0.717, 1.165) is 0 Å². The molecular formula is C19H19N5O4. The number of hydrogen-bond donors (Lipinski definition) is 2. The third-order valence-electron chi connectivity index (χ3n) is 3.69. The summed E-state index contributed by atoms with van der Waals surface area (Å²) in [6.07, 6.45) is 0. The maximum atomic E-state index is 12.2. The average Bonchev–Trinajstić information content (AvgIpc) is 2.72. The maximum Gasteiger partial charge on any atom is 0.338 e. The van der Waals surface area contributed by atoms with Gasteiger partial charge in [0.15, 0.2) is 12.4 Å². The molecule has 9 nitrogen and oxygen atoms in total. The number of nitrogens with two attached hydrogens (primary N) is 1. The van der Waals surface area contributed by atoms with Crippen LogP contribution in [0.25, 0.3) is 0 Å². The SMILES string of the molecule is COc1cccc(C(=O)OCc2nc(N)nc(Nc3ccccc3OC)n2)c1. The number of carbonyl (C=O) groups is 1. The molecule has 0 bridgehead atoms. The number of nitrogens with zero attached hydrogens (tertiary/aromatic N) is 3. The Morgan fingerprint density at radius 2 is 1.86 bits per heavy atom. The van der Waals surface area contributed by atoms with Gasteiger partial charge in [-0.05, 0) is 30.3 Å². The molecular weight excluding hydrogens is 362 g/mol. The van der Waals surface area contributed by atoms with Crippen molar-refractivity contribution in [3.05, 3.63) is 59.9 Å². The highest BCUT2D eigenvalue weighted by atomic mass is 16.5. The Balaban J connectivity index is 1.71. The highest BCUT2D eigenvalue weighted by Crippen LogP contribution is 2.25. The predicted molar refractivity (Wildman–Crippen MR) is 103 cm³/mol. The van der Waals surface area contributed by atoms with E-state index < -0.39 is 5.97 Å². The number of carbonyl (C=O) groups excluding carboxylic acids is 1. The molecule has 0 saturated heterocycles. The van der Waals surface area contributed by atoms with E-state index in [1.807, 2.05) is 12.1 Å². The summed E-state index contributed by atoms with van der Waals surface area (Å²) in [5.74, 6) is 1.07. The molecule has 144 valence electrons. The molecule has 0 aliphatic carbocycles. The van der Waals surface area contributed by atoms with Crippen molar-refractivity contribution >= 4 is 23.6 Å². The third-order valence-corrected chi connectivity index (χ3v) is 3.69. The van der Waals surface area contributed by atoms with Crippen molar-refractivity contribution in [1.29, 1.82) is 0 Å². The molecule has 0 fully saturated rings. The average molecular weight is 381 g/mol. The molecule has 3 N–H and O–H groups in total. The van der Waals surface area contributed by atoms with Gasteiger partial charge in [0.25, 0.3) is 0 Å². The Bertz CT molecular complexity index is 980. The highest BCUT2D eigenvalue weighted by Gasteiger charge is 2.12. The van der Waals surface area contributed by atoms with Gasteiger partial charge < -0.3 is 25.3 Å². The molecule has 1 aromatic heterocycles. The van der Waals surface area contributed by atoms with Crippen LogP contribution in [0, 0.1) is 0 Å². The predicted octanol–water partition coefficient (Wildman–Crippen LogP) is 2.57. The van der Waals surface area contributed by atoms with Crippen LogP contribution in [-0.4, -0.2) is 35.1 Å². The fourth-order valence-electron chi connectivity index (χ4n) is 2.39. The molecule has 0 aliphatic rings. The maximum absolute atomic E-state index is 12.2. The quantitative estimate of drug-likeness (QED) is 0.595. The van der Waals surface area contributed by atoms with Gasteiger partial charge in [-0.15, -0.1) is 0 Å². The number of ether oxygens (including phenoxy) is 3. The molecule has 0 radical (unpaired) electrons. The normalized spacial score (nSPS) is 10.2. The minimum Gasteiger partial charge on any atom is -0.497 e. The van der Waals surface area contributed by atoms with E-state index in [2.05, 4.69) is 20.3 Å². The number of nitrogens with one attached hydrogen (secondary N) is 1. The Kier molecular flexibility index (Phi) is 5.85. The number of nitrogen functional groups attached to an aromatic ring is 1. The first-order chi connectivity index (χ1) is 13.6. The summed E-state index contributed by atoms with van der Waals surface area (Å²) in [4.78, 5) is 24.5. The molecule has 1 heterocycles. The number of anilines is 3. The Labute approximate surface area is 161 Å². The van der Waals surface area contributed by atoms with Crippen LogP contribution in [0.15, 0.2) is 48.5 Å². The fourth-order valence-corrected chi connectivity index (χ4v) is 2.39. The molecule has 0 saturated carbocycles. The molecule has 0 aliphatic heterocycles. The summed E-state index contributed by atoms with van der Waals surface area (Å²) >= 11 is 0. The number of rotatable bonds is 7. The summed E-state index contributed by atoms with van der Waals surface area (Å²) < 4.78 is 15.6. The second-order valence-corrected chi connectivity index (χ2v) is 5.57. The second kappa shape index (κ2) is 8.67. The smallest absolute Gasteiger partial charge is 0.338 e. The van der Waals surface area contributed by atoms with Crippen molar-refractivity contribution in [2.24, 2.45) is 0 Å². The second-order valence-electron chi connectivity index (χ2n) is 5.57. The van der Waals surface area contributed by atoms with Crippen LogP contribution in [0.5, 0.6) is 11.5 Å². The largest absolute Gasteiger partial charge is 0.497 e. The summed E-state index contributed by atoms with van der Waals surface area (Å²) in [7, 11) is 3.08.